The van der Waals surface area contributed by atoms with Gasteiger partial charge >= 0.3 is 5.82 Å². The highest BCUT2D eigenvalue weighted by atomic mass is 79.9. The molecule has 1 heterocycles. The highest BCUT2D eigenvalue weighted by molar-refractivity contribution is 9.10. The fourth-order valence-electron chi connectivity index (χ4n) is 0.640. The van der Waals surface area contributed by atoms with Gasteiger partial charge in [0.15, 0.2) is 6.29 Å². The Morgan fingerprint density at radius 1 is 1.58 bits per heavy atom. The first-order chi connectivity index (χ1) is 5.65. The van der Waals surface area contributed by atoms with Crippen LogP contribution in [0.1, 0.15) is 10.5 Å². The monoisotopic (exact) mass is 230 g/mol. The molecule has 0 fully saturated rings. The van der Waals surface area contributed by atoms with Crippen molar-refractivity contribution in [3.05, 3.63) is 32.4 Å². The van der Waals surface area contributed by atoms with Gasteiger partial charge in [0, 0.05) is 0 Å². The zero-order chi connectivity index (χ0) is 9.14. The molecule has 0 unspecified atom stereocenters. The molecule has 12 heavy (non-hydrogen) atoms. The van der Waals surface area contributed by atoms with E-state index in [1.54, 1.807) is 0 Å². The lowest BCUT2D eigenvalue weighted by atomic mass is 10.4. The van der Waals surface area contributed by atoms with Crippen molar-refractivity contribution in [3.8, 4) is 0 Å². The van der Waals surface area contributed by atoms with E-state index >= 15 is 0 Å². The van der Waals surface area contributed by atoms with Crippen LogP contribution in [0.3, 0.4) is 0 Å². The van der Waals surface area contributed by atoms with Crippen LogP contribution < -0.4 is 0 Å². The summed E-state index contributed by atoms with van der Waals surface area (Å²) in [5.74, 6) is -0.348. The van der Waals surface area contributed by atoms with E-state index in [1.807, 2.05) is 0 Å². The zero-order valence-corrected chi connectivity index (χ0v) is 7.32. The van der Waals surface area contributed by atoms with Gasteiger partial charge in [-0.15, -0.1) is 0 Å². The summed E-state index contributed by atoms with van der Waals surface area (Å²) >= 11 is 2.94. The van der Waals surface area contributed by atoms with Gasteiger partial charge in [-0.1, -0.05) is 0 Å². The minimum atomic E-state index is -0.656. The van der Waals surface area contributed by atoms with Crippen LogP contribution >= 0.6 is 15.9 Å². The third-order valence-corrected chi connectivity index (χ3v) is 1.76. The summed E-state index contributed by atoms with van der Waals surface area (Å²) in [4.78, 5) is 23.3. The predicted molar refractivity (Wildman–Crippen MR) is 44.0 cm³/mol. The van der Waals surface area contributed by atoms with Crippen molar-refractivity contribution in [3.63, 3.8) is 0 Å². The average Bonchev–Trinajstić information content (AvgIpc) is 2.05. The number of aromatic nitrogens is 1. The average molecular weight is 231 g/mol. The molecule has 1 aromatic rings. The third-order valence-electron chi connectivity index (χ3n) is 1.14. The summed E-state index contributed by atoms with van der Waals surface area (Å²) < 4.78 is 0.262. The number of hydrogen-bond acceptors (Lipinski definition) is 4. The van der Waals surface area contributed by atoms with Gasteiger partial charge in [-0.25, -0.2) is 0 Å². The molecular weight excluding hydrogens is 228 g/mol. The van der Waals surface area contributed by atoms with Crippen molar-refractivity contribution in [2.45, 2.75) is 0 Å². The molecule has 6 heteroatoms. The largest absolute Gasteiger partial charge is 0.378 e. The molecule has 0 spiro atoms. The second-order valence-corrected chi connectivity index (χ2v) is 2.77. The Morgan fingerprint density at radius 2 is 2.25 bits per heavy atom. The van der Waals surface area contributed by atoms with Crippen LogP contribution in [0.15, 0.2) is 16.6 Å². The molecule has 5 nitrogen and oxygen atoms in total. The summed E-state index contributed by atoms with van der Waals surface area (Å²) in [6.07, 6.45) is 0.458. The molecule has 0 aliphatic rings. The number of nitro groups is 1. The number of rotatable bonds is 2. The second-order valence-electron chi connectivity index (χ2n) is 1.92. The molecule has 0 bridgehead atoms. The van der Waals surface area contributed by atoms with Gasteiger partial charge in [-0.2, -0.15) is 0 Å². The van der Waals surface area contributed by atoms with Gasteiger partial charge in [0.05, 0.1) is 0 Å². The predicted octanol–water partition coefficient (Wildman–Crippen LogP) is 1.56. The smallest absolute Gasteiger partial charge is 0.358 e. The Labute approximate surface area is 75.7 Å². The van der Waals surface area contributed by atoms with E-state index in [9.17, 15) is 14.9 Å². The molecule has 0 N–H and O–H groups in total. The standard InChI is InChI=1S/C6H3BrN2O3/c7-5-2-1-4(3-10)8-6(5)9(11)12/h1-3H. The van der Waals surface area contributed by atoms with E-state index in [1.165, 1.54) is 12.1 Å². The van der Waals surface area contributed by atoms with Crippen LogP contribution in [-0.4, -0.2) is 16.2 Å². The fraction of sp³-hybridized carbons (Fsp3) is 0. The van der Waals surface area contributed by atoms with Crippen LogP contribution in [0.5, 0.6) is 0 Å². The Bertz CT molecular complexity index is 340. The fourth-order valence-corrected chi connectivity index (χ4v) is 1.01. The second kappa shape index (κ2) is 3.40. The summed E-state index contributed by atoms with van der Waals surface area (Å²) in [5.41, 5.74) is 0.0462. The van der Waals surface area contributed by atoms with Crippen LogP contribution in [0, 0.1) is 10.1 Å². The van der Waals surface area contributed by atoms with Crippen LogP contribution in [0.4, 0.5) is 5.82 Å². The first-order valence-electron chi connectivity index (χ1n) is 2.91. The van der Waals surface area contributed by atoms with Crippen LogP contribution in [0.25, 0.3) is 0 Å². The number of halogens is 1. The molecule has 1 aromatic heterocycles. The first kappa shape index (κ1) is 8.79. The number of carbonyl (C=O) groups excluding carboxylic acids is 1. The van der Waals surface area contributed by atoms with Gasteiger partial charge < -0.3 is 10.1 Å². The quantitative estimate of drug-likeness (QED) is 0.439. The molecule has 0 amide bonds. The molecule has 0 aliphatic heterocycles. The lowest BCUT2D eigenvalue weighted by Gasteiger charge is -1.93. The minimum absolute atomic E-state index is 0.0462. The first-order valence-corrected chi connectivity index (χ1v) is 3.70. The van der Waals surface area contributed by atoms with Crippen molar-refractivity contribution in [1.82, 2.24) is 4.98 Å². The molecular formula is C6H3BrN2O3. The van der Waals surface area contributed by atoms with Gasteiger partial charge in [0.2, 0.25) is 5.69 Å². The third kappa shape index (κ3) is 1.65. The highest BCUT2D eigenvalue weighted by Crippen LogP contribution is 2.21. The maximum atomic E-state index is 10.3. The SMILES string of the molecule is O=Cc1ccc(Br)c([N+](=O)[O-])n1. The van der Waals surface area contributed by atoms with E-state index in [0.717, 1.165) is 0 Å². The van der Waals surface area contributed by atoms with Crippen LogP contribution in [0.2, 0.25) is 0 Å². The summed E-state index contributed by atoms with van der Waals surface area (Å²) in [5, 5.41) is 10.3. The molecule has 1 rings (SSSR count). The van der Waals surface area contributed by atoms with Crippen molar-refractivity contribution >= 4 is 28.0 Å². The maximum absolute atomic E-state index is 10.3. The summed E-state index contributed by atoms with van der Waals surface area (Å²) in [6.45, 7) is 0. The minimum Gasteiger partial charge on any atom is -0.358 e. The molecule has 62 valence electrons. The van der Waals surface area contributed by atoms with Gasteiger partial charge in [-0.05, 0) is 38.0 Å². The molecule has 0 saturated heterocycles. The molecule has 0 radical (unpaired) electrons. The van der Waals surface area contributed by atoms with E-state index in [0.29, 0.717) is 6.29 Å². The normalized spacial score (nSPS) is 9.42. The van der Waals surface area contributed by atoms with E-state index in [-0.39, 0.29) is 16.0 Å². The molecule has 0 aromatic carbocycles. The topological polar surface area (TPSA) is 73.1 Å². The van der Waals surface area contributed by atoms with Crippen molar-refractivity contribution < 1.29 is 9.72 Å². The lowest BCUT2D eigenvalue weighted by Crippen LogP contribution is -1.96. The number of aldehydes is 1. The number of carbonyl (C=O) groups is 1. The summed E-state index contributed by atoms with van der Waals surface area (Å²) in [6, 6.07) is 2.80. The van der Waals surface area contributed by atoms with E-state index in [2.05, 4.69) is 20.9 Å². The van der Waals surface area contributed by atoms with E-state index in [4.69, 9.17) is 0 Å². The van der Waals surface area contributed by atoms with Crippen molar-refractivity contribution in [2.24, 2.45) is 0 Å². The molecule has 0 atom stereocenters. The summed E-state index contributed by atoms with van der Waals surface area (Å²) in [7, 11) is 0. The highest BCUT2D eigenvalue weighted by Gasteiger charge is 2.14. The lowest BCUT2D eigenvalue weighted by molar-refractivity contribution is -0.390. The van der Waals surface area contributed by atoms with Gasteiger partial charge in [0.1, 0.15) is 4.47 Å². The van der Waals surface area contributed by atoms with Gasteiger partial charge in [0.25, 0.3) is 0 Å². The van der Waals surface area contributed by atoms with Crippen molar-refractivity contribution in [1.29, 1.82) is 0 Å². The Balaban J connectivity index is 3.25. The van der Waals surface area contributed by atoms with E-state index < -0.39 is 4.92 Å². The number of hydrogen-bond donors (Lipinski definition) is 0. The van der Waals surface area contributed by atoms with Crippen molar-refractivity contribution in [2.75, 3.05) is 0 Å². The Morgan fingerprint density at radius 3 is 2.75 bits per heavy atom. The van der Waals surface area contributed by atoms with Gasteiger partial charge in [-0.3, -0.25) is 4.79 Å². The zero-order valence-electron chi connectivity index (χ0n) is 5.73. The number of pyridine rings is 1. The van der Waals surface area contributed by atoms with Crippen LogP contribution in [-0.2, 0) is 0 Å². The molecule has 0 aliphatic carbocycles. The Hall–Kier alpha value is -1.30. The maximum Gasteiger partial charge on any atom is 0.378 e. The Kier molecular flexibility index (Phi) is 2.49. The number of nitrogens with zero attached hydrogens (tertiary/aromatic N) is 2. The molecule has 0 saturated carbocycles.